The zero-order valence-corrected chi connectivity index (χ0v) is 33.9. The van der Waals surface area contributed by atoms with Gasteiger partial charge in [0, 0.05) is 27.2 Å². The summed E-state index contributed by atoms with van der Waals surface area (Å²) in [7, 11) is 0. The molecule has 0 radical (unpaired) electrons. The molecule has 2 atom stereocenters. The van der Waals surface area contributed by atoms with Crippen molar-refractivity contribution >= 4 is 49.6 Å². The summed E-state index contributed by atoms with van der Waals surface area (Å²) in [5.41, 5.74) is 14.9. The Labute approximate surface area is 359 Å². The molecule has 0 saturated carbocycles. The fourth-order valence-corrected chi connectivity index (χ4v) is 9.46. The van der Waals surface area contributed by atoms with Crippen LogP contribution in [-0.4, -0.2) is 15.1 Å². The zero-order valence-electron chi connectivity index (χ0n) is 33.9. The third-order valence-corrected chi connectivity index (χ3v) is 12.4. The van der Waals surface area contributed by atoms with E-state index in [9.17, 15) is 0 Å². The summed E-state index contributed by atoms with van der Waals surface area (Å²) in [6, 6.07) is 80.6. The number of benzene rings is 9. The van der Waals surface area contributed by atoms with Gasteiger partial charge in [-0.3, -0.25) is 9.88 Å². The fourth-order valence-electron chi connectivity index (χ4n) is 9.46. The van der Waals surface area contributed by atoms with Gasteiger partial charge in [0.25, 0.3) is 0 Å². The van der Waals surface area contributed by atoms with E-state index in [4.69, 9.17) is 4.99 Å². The van der Waals surface area contributed by atoms with Gasteiger partial charge >= 0.3 is 0 Å². The van der Waals surface area contributed by atoms with Crippen molar-refractivity contribution in [3.8, 4) is 39.1 Å². The number of rotatable bonds is 6. The quantitative estimate of drug-likeness (QED) is 0.176. The van der Waals surface area contributed by atoms with Gasteiger partial charge in [0.1, 0.15) is 12.3 Å². The third-order valence-electron chi connectivity index (χ3n) is 12.4. The molecule has 5 nitrogen and oxygen atoms in total. The van der Waals surface area contributed by atoms with Crippen molar-refractivity contribution in [2.75, 3.05) is 0 Å². The summed E-state index contributed by atoms with van der Waals surface area (Å²) in [5, 5.41) is 12.5. The molecule has 0 saturated heterocycles. The average Bonchev–Trinajstić information content (AvgIpc) is 3.88. The number of fused-ring (bicyclic) bond motifs is 7. The van der Waals surface area contributed by atoms with Crippen LogP contribution >= 0.6 is 0 Å². The van der Waals surface area contributed by atoms with Gasteiger partial charge in [-0.1, -0.05) is 194 Å². The molecule has 294 valence electrons. The Hall–Kier alpha value is -7.99. The lowest BCUT2D eigenvalue weighted by molar-refractivity contribution is 0.403. The standard InChI is InChI=1S/C57H41N5/c1-5-17-38(18-6-1)41-29-31-43(32-30-41)56-58-55(42-23-11-4-12-24-42)59-57(60-56)62-52-28-16-14-26-48(52)50-34-33-49-47-25-13-15-27-51(47)61(53(49)54(50)62)46-36-44(39-19-7-2-8-20-39)35-45(37-46)40-21-9-3-10-22-40/h1-37,55-56,58H,(H,59,60). The first-order valence-corrected chi connectivity index (χ1v) is 21.3. The van der Waals surface area contributed by atoms with E-state index in [0.29, 0.717) is 0 Å². The van der Waals surface area contributed by atoms with E-state index in [1.54, 1.807) is 0 Å². The van der Waals surface area contributed by atoms with E-state index in [0.717, 1.165) is 56.0 Å². The second-order valence-electron chi connectivity index (χ2n) is 16.1. The molecule has 5 heteroatoms. The Morgan fingerprint density at radius 2 is 0.806 bits per heavy atom. The lowest BCUT2D eigenvalue weighted by Crippen LogP contribution is -2.47. The van der Waals surface area contributed by atoms with Gasteiger partial charge in [-0.05, 0) is 74.8 Å². The fraction of sp³-hybridized carbons (Fsp3) is 0.0351. The van der Waals surface area contributed by atoms with Gasteiger partial charge in [-0.2, -0.15) is 0 Å². The van der Waals surface area contributed by atoms with Gasteiger partial charge in [0.15, 0.2) is 0 Å². The van der Waals surface area contributed by atoms with E-state index in [1.165, 1.54) is 43.8 Å². The molecule has 12 rings (SSSR count). The monoisotopic (exact) mass is 795 g/mol. The number of para-hydroxylation sites is 2. The predicted molar refractivity (Wildman–Crippen MR) is 258 cm³/mol. The predicted octanol–water partition coefficient (Wildman–Crippen LogP) is 13.7. The molecule has 1 aliphatic heterocycles. The first kappa shape index (κ1) is 35.9. The van der Waals surface area contributed by atoms with E-state index >= 15 is 0 Å². The molecule has 1 aliphatic rings. The van der Waals surface area contributed by atoms with Crippen LogP contribution in [0.25, 0.3) is 82.7 Å². The lowest BCUT2D eigenvalue weighted by Gasteiger charge is -2.32. The topological polar surface area (TPSA) is 46.3 Å². The van der Waals surface area contributed by atoms with Crippen LogP contribution in [0, 0.1) is 0 Å². The van der Waals surface area contributed by atoms with Gasteiger partial charge in [0.05, 0.1) is 22.1 Å². The molecule has 0 aliphatic carbocycles. The van der Waals surface area contributed by atoms with Crippen LogP contribution in [0.4, 0.5) is 0 Å². The Morgan fingerprint density at radius 1 is 0.355 bits per heavy atom. The van der Waals surface area contributed by atoms with Gasteiger partial charge in [0.2, 0.25) is 5.96 Å². The van der Waals surface area contributed by atoms with Crippen molar-refractivity contribution in [1.29, 1.82) is 0 Å². The third kappa shape index (κ3) is 6.09. The molecule has 2 aromatic heterocycles. The molecule has 11 aromatic rings. The largest absolute Gasteiger partial charge is 0.336 e. The maximum Gasteiger partial charge on any atom is 0.206 e. The van der Waals surface area contributed by atoms with Crippen LogP contribution in [0.15, 0.2) is 229 Å². The Bertz CT molecular complexity index is 3380. The van der Waals surface area contributed by atoms with Crippen LogP contribution in [0.5, 0.6) is 0 Å². The molecule has 2 unspecified atom stereocenters. The molecule has 0 fully saturated rings. The minimum atomic E-state index is -0.302. The molecule has 9 aromatic carbocycles. The second kappa shape index (κ2) is 14.9. The summed E-state index contributed by atoms with van der Waals surface area (Å²) in [6.07, 6.45) is -0.529. The number of nitrogens with one attached hydrogen (secondary N) is 2. The highest BCUT2D eigenvalue weighted by molar-refractivity contribution is 6.25. The van der Waals surface area contributed by atoms with Gasteiger partial charge in [-0.15, -0.1) is 0 Å². The van der Waals surface area contributed by atoms with E-state index < -0.39 is 0 Å². The van der Waals surface area contributed by atoms with Crippen LogP contribution in [0.1, 0.15) is 23.5 Å². The van der Waals surface area contributed by atoms with Crippen LogP contribution in [-0.2, 0) is 0 Å². The van der Waals surface area contributed by atoms with Gasteiger partial charge in [-0.25, -0.2) is 4.99 Å². The van der Waals surface area contributed by atoms with E-state index in [-0.39, 0.29) is 12.3 Å². The van der Waals surface area contributed by atoms with Crippen LogP contribution in [0.2, 0.25) is 0 Å². The Balaban J connectivity index is 1.13. The SMILES string of the molecule is c1ccc(-c2ccc(C3NC(n4c5ccccc5c5ccc6c7ccccc7n(-c7cc(-c8ccccc8)cc(-c8ccccc8)c7)c6c54)=NC(c4ccccc4)N3)cc2)cc1. The van der Waals surface area contributed by atoms with Crippen molar-refractivity contribution in [3.05, 3.63) is 236 Å². The minimum absolute atomic E-state index is 0.227. The highest BCUT2D eigenvalue weighted by Crippen LogP contribution is 2.42. The summed E-state index contributed by atoms with van der Waals surface area (Å²) in [4.78, 5) is 5.55. The van der Waals surface area contributed by atoms with Crippen molar-refractivity contribution in [2.24, 2.45) is 4.99 Å². The first-order chi connectivity index (χ1) is 30.7. The lowest BCUT2D eigenvalue weighted by atomic mass is 9.98. The molecular weight excluding hydrogens is 755 g/mol. The van der Waals surface area contributed by atoms with Crippen molar-refractivity contribution in [3.63, 3.8) is 0 Å². The number of aromatic nitrogens is 2. The Kier molecular flexibility index (Phi) is 8.65. The minimum Gasteiger partial charge on any atom is -0.336 e. The zero-order chi connectivity index (χ0) is 41.0. The maximum atomic E-state index is 5.55. The summed E-state index contributed by atoms with van der Waals surface area (Å²) in [6.45, 7) is 0. The maximum absolute atomic E-state index is 5.55. The number of hydrogen-bond acceptors (Lipinski definition) is 3. The van der Waals surface area contributed by atoms with Crippen molar-refractivity contribution in [2.45, 2.75) is 12.3 Å². The van der Waals surface area contributed by atoms with Crippen molar-refractivity contribution < 1.29 is 0 Å². The smallest absolute Gasteiger partial charge is 0.206 e. The molecule has 0 amide bonds. The molecule has 62 heavy (non-hydrogen) atoms. The van der Waals surface area contributed by atoms with Crippen molar-refractivity contribution in [1.82, 2.24) is 19.8 Å². The normalized spacial score (nSPS) is 15.3. The van der Waals surface area contributed by atoms with E-state index in [2.05, 4.69) is 244 Å². The molecule has 3 heterocycles. The molecule has 0 bridgehead atoms. The first-order valence-electron chi connectivity index (χ1n) is 21.3. The van der Waals surface area contributed by atoms with Gasteiger partial charge < -0.3 is 9.88 Å². The molecule has 0 spiro atoms. The van der Waals surface area contributed by atoms with Crippen LogP contribution < -0.4 is 10.6 Å². The number of aliphatic imine (C=N–C) groups is 1. The highest BCUT2D eigenvalue weighted by atomic mass is 15.4. The summed E-state index contributed by atoms with van der Waals surface area (Å²) in [5.74, 6) is 0.785. The number of hydrogen-bond donors (Lipinski definition) is 2. The summed E-state index contributed by atoms with van der Waals surface area (Å²) < 4.78 is 4.86. The van der Waals surface area contributed by atoms with E-state index in [1.807, 2.05) is 0 Å². The summed E-state index contributed by atoms with van der Waals surface area (Å²) >= 11 is 0. The highest BCUT2D eigenvalue weighted by Gasteiger charge is 2.29. The average molecular weight is 796 g/mol. The Morgan fingerprint density at radius 3 is 1.37 bits per heavy atom. The molecule has 2 N–H and O–H groups in total. The van der Waals surface area contributed by atoms with Crippen LogP contribution in [0.3, 0.4) is 0 Å². The second-order valence-corrected chi connectivity index (χ2v) is 16.1. The molecular formula is C57H41N5. The number of nitrogens with zero attached hydrogens (tertiary/aromatic N) is 3.